The van der Waals surface area contributed by atoms with Gasteiger partial charge in [-0.3, -0.25) is 0 Å². The van der Waals surface area contributed by atoms with Gasteiger partial charge in [-0.2, -0.15) is 4.98 Å². The van der Waals surface area contributed by atoms with Gasteiger partial charge in [-0.15, -0.1) is 0 Å². The van der Waals surface area contributed by atoms with Gasteiger partial charge in [0, 0.05) is 26.2 Å². The van der Waals surface area contributed by atoms with Crippen molar-refractivity contribution in [3.63, 3.8) is 0 Å². The Balaban J connectivity index is 2.21. The molecular formula is C10H14ClIN4. The Labute approximate surface area is 114 Å². The standard InChI is InChI=1S/C10H14ClIN4/c1-7-8(12)9(11)14-10(13-7)16-5-3-15(2)4-6-16/h3-6H2,1-2H3. The smallest absolute Gasteiger partial charge is 0.227 e. The number of hydrogen-bond acceptors (Lipinski definition) is 4. The van der Waals surface area contributed by atoms with Crippen LogP contribution in [0.1, 0.15) is 5.69 Å². The zero-order chi connectivity index (χ0) is 11.7. The minimum atomic E-state index is 0.557. The predicted octanol–water partition coefficient (Wildman–Crippen LogP) is 1.79. The van der Waals surface area contributed by atoms with Crippen molar-refractivity contribution in [2.45, 2.75) is 6.92 Å². The van der Waals surface area contributed by atoms with Crippen molar-refractivity contribution in [2.75, 3.05) is 38.1 Å². The van der Waals surface area contributed by atoms with Crippen LogP contribution in [0.3, 0.4) is 0 Å². The maximum Gasteiger partial charge on any atom is 0.227 e. The van der Waals surface area contributed by atoms with Crippen molar-refractivity contribution < 1.29 is 0 Å². The summed E-state index contributed by atoms with van der Waals surface area (Å²) in [5.74, 6) is 0.760. The van der Waals surface area contributed by atoms with Gasteiger partial charge < -0.3 is 9.80 Å². The highest BCUT2D eigenvalue weighted by atomic mass is 127. The summed E-state index contributed by atoms with van der Waals surface area (Å²) in [5, 5.41) is 0.557. The molecule has 1 fully saturated rings. The van der Waals surface area contributed by atoms with Crippen LogP contribution in [-0.2, 0) is 0 Å². The number of nitrogens with zero attached hydrogens (tertiary/aromatic N) is 4. The zero-order valence-corrected chi connectivity index (χ0v) is 12.3. The average molecular weight is 353 g/mol. The van der Waals surface area contributed by atoms with Gasteiger partial charge in [0.05, 0.1) is 9.26 Å². The van der Waals surface area contributed by atoms with Gasteiger partial charge in [-0.05, 0) is 36.6 Å². The maximum atomic E-state index is 6.07. The quantitative estimate of drug-likeness (QED) is 0.570. The minimum absolute atomic E-state index is 0.557. The first kappa shape index (κ1) is 12.3. The lowest BCUT2D eigenvalue weighted by Gasteiger charge is -2.32. The van der Waals surface area contributed by atoms with E-state index in [1.54, 1.807) is 0 Å². The van der Waals surface area contributed by atoms with Crippen molar-refractivity contribution in [1.82, 2.24) is 14.9 Å². The molecule has 1 aromatic heterocycles. The number of anilines is 1. The van der Waals surface area contributed by atoms with E-state index < -0.39 is 0 Å². The first-order chi connectivity index (χ1) is 7.58. The molecule has 4 nitrogen and oxygen atoms in total. The van der Waals surface area contributed by atoms with E-state index in [0.717, 1.165) is 41.4 Å². The van der Waals surface area contributed by atoms with E-state index in [0.29, 0.717) is 5.15 Å². The van der Waals surface area contributed by atoms with Crippen LogP contribution in [0.2, 0.25) is 5.15 Å². The second-order valence-electron chi connectivity index (χ2n) is 4.00. The number of aromatic nitrogens is 2. The fourth-order valence-electron chi connectivity index (χ4n) is 1.66. The molecule has 0 amide bonds. The summed E-state index contributed by atoms with van der Waals surface area (Å²) in [7, 11) is 2.13. The van der Waals surface area contributed by atoms with Crippen LogP contribution < -0.4 is 4.90 Å². The lowest BCUT2D eigenvalue weighted by Crippen LogP contribution is -2.45. The van der Waals surface area contributed by atoms with Gasteiger partial charge in [0.2, 0.25) is 5.95 Å². The van der Waals surface area contributed by atoms with E-state index in [2.05, 4.69) is 49.4 Å². The first-order valence-electron chi connectivity index (χ1n) is 5.21. The van der Waals surface area contributed by atoms with Crippen molar-refractivity contribution in [2.24, 2.45) is 0 Å². The molecule has 1 saturated heterocycles. The van der Waals surface area contributed by atoms with E-state index in [4.69, 9.17) is 11.6 Å². The Hall–Kier alpha value is -0.140. The Morgan fingerprint density at radius 3 is 2.38 bits per heavy atom. The summed E-state index contributed by atoms with van der Waals surface area (Å²) in [6.45, 7) is 5.99. The lowest BCUT2D eigenvalue weighted by atomic mass is 10.3. The largest absolute Gasteiger partial charge is 0.338 e. The van der Waals surface area contributed by atoms with Crippen LogP contribution in [0.5, 0.6) is 0 Å². The molecule has 0 aliphatic carbocycles. The zero-order valence-electron chi connectivity index (χ0n) is 9.37. The van der Waals surface area contributed by atoms with Gasteiger partial charge >= 0.3 is 0 Å². The van der Waals surface area contributed by atoms with Crippen molar-refractivity contribution >= 4 is 40.1 Å². The minimum Gasteiger partial charge on any atom is -0.338 e. The summed E-state index contributed by atoms with van der Waals surface area (Å²) in [6, 6.07) is 0. The summed E-state index contributed by atoms with van der Waals surface area (Å²) in [6.07, 6.45) is 0. The SMILES string of the molecule is Cc1nc(N2CCN(C)CC2)nc(Cl)c1I. The van der Waals surface area contributed by atoms with Gasteiger partial charge in [0.1, 0.15) is 5.15 Å². The second-order valence-corrected chi connectivity index (χ2v) is 5.44. The van der Waals surface area contributed by atoms with Gasteiger partial charge in [-0.1, -0.05) is 11.6 Å². The molecule has 0 saturated carbocycles. The maximum absolute atomic E-state index is 6.07. The molecular weight excluding hydrogens is 338 g/mol. The number of hydrogen-bond donors (Lipinski definition) is 0. The van der Waals surface area contributed by atoms with Crippen molar-refractivity contribution in [1.29, 1.82) is 0 Å². The Bertz CT molecular complexity index is 367. The van der Waals surface area contributed by atoms with Crippen LogP contribution in [0, 0.1) is 10.5 Å². The summed E-state index contributed by atoms with van der Waals surface area (Å²) in [4.78, 5) is 13.3. The number of likely N-dealkylation sites (N-methyl/N-ethyl adjacent to an activating group) is 1. The third-order valence-electron chi connectivity index (χ3n) is 2.75. The molecule has 0 aromatic carbocycles. The summed E-state index contributed by atoms with van der Waals surface area (Å²) >= 11 is 8.25. The highest BCUT2D eigenvalue weighted by Gasteiger charge is 2.18. The van der Waals surface area contributed by atoms with E-state index in [-0.39, 0.29) is 0 Å². The Kier molecular flexibility index (Phi) is 3.86. The predicted molar refractivity (Wildman–Crippen MR) is 74.2 cm³/mol. The summed E-state index contributed by atoms with van der Waals surface area (Å²) in [5.41, 5.74) is 0.953. The highest BCUT2D eigenvalue weighted by Crippen LogP contribution is 2.22. The molecule has 1 aliphatic rings. The molecule has 1 aromatic rings. The van der Waals surface area contributed by atoms with E-state index >= 15 is 0 Å². The Morgan fingerprint density at radius 2 is 1.81 bits per heavy atom. The second kappa shape index (κ2) is 5.01. The average Bonchev–Trinajstić information content (AvgIpc) is 2.26. The summed E-state index contributed by atoms with van der Waals surface area (Å²) < 4.78 is 0.942. The topological polar surface area (TPSA) is 32.3 Å². The van der Waals surface area contributed by atoms with Gasteiger partial charge in [0.25, 0.3) is 0 Å². The number of piperazine rings is 1. The van der Waals surface area contributed by atoms with Crippen LogP contribution in [0.4, 0.5) is 5.95 Å². The van der Waals surface area contributed by atoms with Crippen LogP contribution in [-0.4, -0.2) is 48.1 Å². The first-order valence-corrected chi connectivity index (χ1v) is 6.66. The molecule has 0 unspecified atom stereocenters. The Morgan fingerprint density at radius 1 is 1.19 bits per heavy atom. The fourth-order valence-corrected chi connectivity index (χ4v) is 2.11. The molecule has 6 heteroatoms. The molecule has 0 spiro atoms. The molecule has 0 N–H and O–H groups in total. The normalized spacial score (nSPS) is 17.9. The molecule has 88 valence electrons. The number of rotatable bonds is 1. The van der Waals surface area contributed by atoms with E-state index in [9.17, 15) is 0 Å². The van der Waals surface area contributed by atoms with Crippen molar-refractivity contribution in [3.8, 4) is 0 Å². The fraction of sp³-hybridized carbons (Fsp3) is 0.600. The van der Waals surface area contributed by atoms with Gasteiger partial charge in [0.15, 0.2) is 0 Å². The third-order valence-corrected chi connectivity index (χ3v) is 4.63. The number of aryl methyl sites for hydroxylation is 1. The molecule has 2 heterocycles. The van der Waals surface area contributed by atoms with Crippen LogP contribution >= 0.6 is 34.2 Å². The molecule has 0 atom stereocenters. The monoisotopic (exact) mass is 352 g/mol. The van der Waals surface area contributed by atoms with Crippen LogP contribution in [0.15, 0.2) is 0 Å². The van der Waals surface area contributed by atoms with Gasteiger partial charge in [-0.25, -0.2) is 4.98 Å². The van der Waals surface area contributed by atoms with Crippen molar-refractivity contribution in [3.05, 3.63) is 14.4 Å². The third kappa shape index (κ3) is 2.57. The molecule has 16 heavy (non-hydrogen) atoms. The molecule has 1 aliphatic heterocycles. The molecule has 0 bridgehead atoms. The lowest BCUT2D eigenvalue weighted by molar-refractivity contribution is 0.311. The number of halogens is 2. The highest BCUT2D eigenvalue weighted by molar-refractivity contribution is 14.1. The molecule has 2 rings (SSSR count). The van der Waals surface area contributed by atoms with E-state index in [1.165, 1.54) is 0 Å². The van der Waals surface area contributed by atoms with E-state index in [1.807, 2.05) is 6.92 Å². The molecule has 0 radical (unpaired) electrons. The van der Waals surface area contributed by atoms with Crippen LogP contribution in [0.25, 0.3) is 0 Å².